The highest BCUT2D eigenvalue weighted by atomic mass is 14.7. The zero-order valence-electron chi connectivity index (χ0n) is 16.8. The first-order valence-corrected chi connectivity index (χ1v) is 9.73. The van der Waals surface area contributed by atoms with Crippen molar-refractivity contribution in [2.75, 3.05) is 5.73 Å². The minimum absolute atomic E-state index is 0.694. The summed E-state index contributed by atoms with van der Waals surface area (Å²) in [5.74, 6) is 0. The second-order valence-corrected chi connectivity index (χ2v) is 7.37. The van der Waals surface area contributed by atoms with E-state index in [1.54, 1.807) is 0 Å². The van der Waals surface area contributed by atoms with Crippen molar-refractivity contribution < 1.29 is 0 Å². The lowest BCUT2D eigenvalue weighted by molar-refractivity contribution is 1.26. The predicted molar refractivity (Wildman–Crippen MR) is 125 cm³/mol. The van der Waals surface area contributed by atoms with Gasteiger partial charge in [-0.3, -0.25) is 4.98 Å². The van der Waals surface area contributed by atoms with Gasteiger partial charge in [-0.1, -0.05) is 91.0 Å². The van der Waals surface area contributed by atoms with Crippen molar-refractivity contribution in [3.63, 3.8) is 0 Å². The molecular formula is C27H24N2. The molecule has 142 valence electrons. The lowest BCUT2D eigenvalue weighted by Gasteiger charge is -2.16. The Morgan fingerprint density at radius 1 is 0.931 bits per heavy atom. The fraction of sp³-hybridized carbons (Fsp3) is 0.0741. The summed E-state index contributed by atoms with van der Waals surface area (Å²) in [7, 11) is 0. The molecule has 0 atom stereocenters. The molecule has 4 aromatic rings. The van der Waals surface area contributed by atoms with Crippen molar-refractivity contribution in [3.8, 4) is 11.1 Å². The number of anilines is 1. The van der Waals surface area contributed by atoms with E-state index in [2.05, 4.69) is 67.3 Å². The van der Waals surface area contributed by atoms with Crippen LogP contribution in [0.2, 0.25) is 0 Å². The minimum Gasteiger partial charge on any atom is -0.396 e. The number of benzene rings is 3. The molecule has 4 rings (SSSR count). The van der Waals surface area contributed by atoms with Crippen LogP contribution in [0.3, 0.4) is 0 Å². The first-order chi connectivity index (χ1) is 14.0. The highest BCUT2D eigenvalue weighted by molar-refractivity contribution is 6.04. The molecule has 0 radical (unpaired) electrons. The van der Waals surface area contributed by atoms with Gasteiger partial charge in [0.25, 0.3) is 0 Å². The fourth-order valence-corrected chi connectivity index (χ4v) is 3.71. The van der Waals surface area contributed by atoms with Gasteiger partial charge in [-0.2, -0.15) is 0 Å². The summed E-state index contributed by atoms with van der Waals surface area (Å²) in [5.41, 5.74) is 15.6. The van der Waals surface area contributed by atoms with E-state index >= 15 is 0 Å². The second kappa shape index (κ2) is 7.76. The number of nitrogens with two attached hydrogens (primary N) is 1. The van der Waals surface area contributed by atoms with Crippen molar-refractivity contribution in [2.24, 2.45) is 0 Å². The average molecular weight is 377 g/mol. The fourth-order valence-electron chi connectivity index (χ4n) is 3.71. The third-order valence-electron chi connectivity index (χ3n) is 5.00. The normalized spacial score (nSPS) is 11.6. The zero-order valence-corrected chi connectivity index (χ0v) is 16.8. The number of rotatable bonds is 4. The number of fused-ring (bicyclic) bond motifs is 1. The van der Waals surface area contributed by atoms with E-state index in [4.69, 9.17) is 10.7 Å². The Labute approximate surface area is 172 Å². The number of aromatic nitrogens is 1. The van der Waals surface area contributed by atoms with Crippen LogP contribution in [0, 0.1) is 6.92 Å². The van der Waals surface area contributed by atoms with Crippen molar-refractivity contribution in [1.82, 2.24) is 4.98 Å². The summed E-state index contributed by atoms with van der Waals surface area (Å²) in [4.78, 5) is 4.80. The lowest BCUT2D eigenvalue weighted by atomic mass is 9.92. The summed E-state index contributed by atoms with van der Waals surface area (Å²) in [6, 6.07) is 27.0. The third kappa shape index (κ3) is 3.70. The topological polar surface area (TPSA) is 38.9 Å². The van der Waals surface area contributed by atoms with E-state index < -0.39 is 0 Å². The first-order valence-electron chi connectivity index (χ1n) is 9.73. The van der Waals surface area contributed by atoms with Gasteiger partial charge in [-0.05, 0) is 42.2 Å². The van der Waals surface area contributed by atoms with Gasteiger partial charge in [0, 0.05) is 16.6 Å². The van der Waals surface area contributed by atoms with E-state index in [9.17, 15) is 0 Å². The maximum Gasteiger partial charge on any atom is 0.0946 e. The maximum atomic E-state index is 6.72. The Bertz CT molecular complexity index is 1220. The van der Waals surface area contributed by atoms with Crippen molar-refractivity contribution in [1.29, 1.82) is 0 Å². The molecular weight excluding hydrogens is 352 g/mol. The highest BCUT2D eigenvalue weighted by Gasteiger charge is 2.15. The van der Waals surface area contributed by atoms with Crippen LogP contribution < -0.4 is 5.73 Å². The number of nitrogen functional groups attached to an aromatic ring is 1. The van der Waals surface area contributed by atoms with Gasteiger partial charge >= 0.3 is 0 Å². The molecule has 2 heteroatoms. The molecule has 0 fully saturated rings. The minimum atomic E-state index is 0.694. The molecule has 29 heavy (non-hydrogen) atoms. The molecule has 2 nitrogen and oxygen atoms in total. The molecule has 0 spiro atoms. The van der Waals surface area contributed by atoms with Crippen molar-refractivity contribution >= 4 is 22.2 Å². The van der Waals surface area contributed by atoms with Crippen LogP contribution in [0.1, 0.15) is 23.7 Å². The first kappa shape index (κ1) is 18.7. The van der Waals surface area contributed by atoms with Gasteiger partial charge in [-0.15, -0.1) is 0 Å². The number of allylic oxidation sites excluding steroid dienone is 2. The molecule has 0 aliphatic rings. The summed E-state index contributed by atoms with van der Waals surface area (Å²) < 4.78 is 0. The Morgan fingerprint density at radius 2 is 1.59 bits per heavy atom. The van der Waals surface area contributed by atoms with E-state index in [0.29, 0.717) is 5.69 Å². The Kier molecular flexibility index (Phi) is 5.01. The molecule has 1 aromatic heterocycles. The summed E-state index contributed by atoms with van der Waals surface area (Å²) in [5, 5.41) is 1.06. The molecule has 2 N–H and O–H groups in total. The average Bonchev–Trinajstić information content (AvgIpc) is 2.74. The van der Waals surface area contributed by atoms with Crippen LogP contribution in [0.5, 0.6) is 0 Å². The van der Waals surface area contributed by atoms with Gasteiger partial charge in [0.15, 0.2) is 0 Å². The van der Waals surface area contributed by atoms with Crippen LogP contribution in [-0.2, 0) is 0 Å². The molecule has 3 aromatic carbocycles. The number of hydrogen-bond acceptors (Lipinski definition) is 2. The molecule has 0 bridgehead atoms. The van der Waals surface area contributed by atoms with Crippen molar-refractivity contribution in [2.45, 2.75) is 13.8 Å². The van der Waals surface area contributed by atoms with E-state index in [1.807, 2.05) is 38.1 Å². The quantitative estimate of drug-likeness (QED) is 0.314. The Hall–Kier alpha value is -3.65. The van der Waals surface area contributed by atoms with E-state index in [0.717, 1.165) is 50.0 Å². The molecule has 0 unspecified atom stereocenters. The standard InChI is InChI=1S/C27H24N2/c1-18(2)16-24(20-10-6-4-7-11-20)22-14-15-23-25(21-12-8-5-9-13-21)17-19(3)29-27(23)26(22)28/h4-17H,1,28H2,2-3H3/b24-16-. The zero-order chi connectivity index (χ0) is 20.4. The molecule has 0 aliphatic carbocycles. The molecule has 0 saturated carbocycles. The van der Waals surface area contributed by atoms with Crippen LogP contribution in [0.25, 0.3) is 27.6 Å². The Balaban J connectivity index is 1.98. The van der Waals surface area contributed by atoms with Gasteiger partial charge in [0.1, 0.15) is 0 Å². The van der Waals surface area contributed by atoms with Crippen LogP contribution in [-0.4, -0.2) is 4.98 Å². The van der Waals surface area contributed by atoms with E-state index in [1.165, 1.54) is 0 Å². The number of hydrogen-bond donors (Lipinski definition) is 1. The van der Waals surface area contributed by atoms with Gasteiger partial charge in [0.2, 0.25) is 0 Å². The maximum absolute atomic E-state index is 6.72. The molecule has 1 heterocycles. The highest BCUT2D eigenvalue weighted by Crippen LogP contribution is 2.37. The number of aryl methyl sites for hydroxylation is 1. The SMILES string of the molecule is C=C(C)/C=C(/c1ccccc1)c1ccc2c(-c3ccccc3)cc(C)nc2c1N. The van der Waals surface area contributed by atoms with Crippen LogP contribution >= 0.6 is 0 Å². The van der Waals surface area contributed by atoms with Gasteiger partial charge in [0.05, 0.1) is 11.2 Å². The predicted octanol–water partition coefficient (Wildman–Crippen LogP) is 6.80. The smallest absolute Gasteiger partial charge is 0.0946 e. The molecule has 0 saturated heterocycles. The second-order valence-electron chi connectivity index (χ2n) is 7.37. The number of nitrogens with zero attached hydrogens (tertiary/aromatic N) is 1. The van der Waals surface area contributed by atoms with Crippen LogP contribution in [0.15, 0.2) is 97.1 Å². The van der Waals surface area contributed by atoms with Gasteiger partial charge < -0.3 is 5.73 Å². The molecule has 0 amide bonds. The molecule has 0 aliphatic heterocycles. The third-order valence-corrected chi connectivity index (χ3v) is 5.00. The monoisotopic (exact) mass is 376 g/mol. The largest absolute Gasteiger partial charge is 0.396 e. The van der Waals surface area contributed by atoms with Gasteiger partial charge in [-0.25, -0.2) is 0 Å². The van der Waals surface area contributed by atoms with Crippen LogP contribution in [0.4, 0.5) is 5.69 Å². The summed E-state index contributed by atoms with van der Waals surface area (Å²) in [6.45, 7) is 8.08. The Morgan fingerprint density at radius 3 is 2.24 bits per heavy atom. The van der Waals surface area contributed by atoms with E-state index in [-0.39, 0.29) is 0 Å². The lowest BCUT2D eigenvalue weighted by Crippen LogP contribution is -2.00. The summed E-state index contributed by atoms with van der Waals surface area (Å²) >= 11 is 0. The number of pyridine rings is 1. The summed E-state index contributed by atoms with van der Waals surface area (Å²) in [6.07, 6.45) is 2.08. The van der Waals surface area contributed by atoms with Crippen molar-refractivity contribution in [3.05, 3.63) is 114 Å².